The fourth-order valence-corrected chi connectivity index (χ4v) is 1.55. The number of rotatable bonds is 3. The monoisotopic (exact) mass is 295 g/mol. The van der Waals surface area contributed by atoms with Crippen molar-refractivity contribution in [2.75, 3.05) is 5.43 Å². The minimum absolute atomic E-state index is 0.374. The molecule has 0 radical (unpaired) electrons. The van der Waals surface area contributed by atoms with Crippen LogP contribution in [0.5, 0.6) is 11.6 Å². The number of aryl methyl sites for hydroxylation is 1. The molecule has 3 N–H and O–H groups in total. The molecule has 2 aromatic rings. The summed E-state index contributed by atoms with van der Waals surface area (Å²) in [5.74, 6) is 6.72. The molecule has 17 heavy (non-hydrogen) atoms. The van der Waals surface area contributed by atoms with E-state index in [2.05, 4.69) is 36.3 Å². The first-order valence-electron chi connectivity index (χ1n) is 4.78. The average Bonchev–Trinajstić information content (AvgIpc) is 2.35. The molecule has 88 valence electrons. The first-order chi connectivity index (χ1) is 8.20. The van der Waals surface area contributed by atoms with Gasteiger partial charge in [0, 0.05) is 5.69 Å². The molecule has 2 rings (SSSR count). The van der Waals surface area contributed by atoms with Crippen LogP contribution in [0.1, 0.15) is 5.69 Å². The van der Waals surface area contributed by atoms with Gasteiger partial charge in [-0.05, 0) is 35.0 Å². The van der Waals surface area contributed by atoms with Gasteiger partial charge in [-0.3, -0.25) is 4.98 Å². The Balaban J connectivity index is 2.27. The Hall–Kier alpha value is -1.73. The Labute approximate surface area is 106 Å². The number of aromatic nitrogens is 3. The molecular weight excluding hydrogens is 286 g/mol. The predicted octanol–water partition coefficient (Wildman–Crippen LogP) is 2.02. The third kappa shape index (κ3) is 2.69. The van der Waals surface area contributed by atoms with Crippen molar-refractivity contribution in [3.63, 3.8) is 0 Å². The van der Waals surface area contributed by atoms with E-state index in [-0.39, 0.29) is 0 Å². The Kier molecular flexibility index (Phi) is 3.50. The highest BCUT2D eigenvalue weighted by atomic mass is 79.9. The molecule has 2 aromatic heterocycles. The van der Waals surface area contributed by atoms with Crippen molar-refractivity contribution in [1.82, 2.24) is 15.0 Å². The van der Waals surface area contributed by atoms with Gasteiger partial charge < -0.3 is 10.2 Å². The van der Waals surface area contributed by atoms with E-state index in [1.807, 2.05) is 19.1 Å². The molecule has 6 nitrogen and oxygen atoms in total. The summed E-state index contributed by atoms with van der Waals surface area (Å²) < 4.78 is 6.11. The van der Waals surface area contributed by atoms with Crippen molar-refractivity contribution < 1.29 is 4.74 Å². The number of hydrogen-bond donors (Lipinski definition) is 2. The molecule has 7 heteroatoms. The molecule has 0 aliphatic rings. The third-order valence-electron chi connectivity index (χ3n) is 1.99. The zero-order valence-electron chi connectivity index (χ0n) is 9.01. The molecule has 0 atom stereocenters. The van der Waals surface area contributed by atoms with Crippen LogP contribution in [0.2, 0.25) is 0 Å². The van der Waals surface area contributed by atoms with Crippen LogP contribution in [-0.2, 0) is 0 Å². The summed E-state index contributed by atoms with van der Waals surface area (Å²) in [6.45, 7) is 1.90. The van der Waals surface area contributed by atoms with Gasteiger partial charge in [0.25, 0.3) is 0 Å². The zero-order valence-corrected chi connectivity index (χ0v) is 10.6. The van der Waals surface area contributed by atoms with Crippen LogP contribution in [-0.4, -0.2) is 15.0 Å². The molecule has 2 heterocycles. The highest BCUT2D eigenvalue weighted by Gasteiger charge is 2.09. The predicted molar refractivity (Wildman–Crippen MR) is 66.6 cm³/mol. The molecule has 0 aliphatic heterocycles. The molecule has 0 aromatic carbocycles. The van der Waals surface area contributed by atoms with Gasteiger partial charge >= 0.3 is 0 Å². The summed E-state index contributed by atoms with van der Waals surface area (Å²) in [6.07, 6.45) is 2.98. The number of hydrazine groups is 1. The minimum atomic E-state index is 0.374. The summed E-state index contributed by atoms with van der Waals surface area (Å²) in [5.41, 5.74) is 3.36. The number of nitrogens with two attached hydrogens (primary N) is 1. The average molecular weight is 296 g/mol. The van der Waals surface area contributed by atoms with Crippen molar-refractivity contribution in [2.45, 2.75) is 6.92 Å². The number of halogens is 1. The molecule has 0 unspecified atom stereocenters. The van der Waals surface area contributed by atoms with Crippen molar-refractivity contribution in [1.29, 1.82) is 0 Å². The number of nitrogens with one attached hydrogen (secondary N) is 1. The summed E-state index contributed by atoms with van der Waals surface area (Å²) in [7, 11) is 0. The molecule has 0 bridgehead atoms. The van der Waals surface area contributed by atoms with Crippen LogP contribution < -0.4 is 16.0 Å². The first-order valence-corrected chi connectivity index (χ1v) is 5.57. The summed E-state index contributed by atoms with van der Waals surface area (Å²) in [6, 6.07) is 3.67. The summed E-state index contributed by atoms with van der Waals surface area (Å²) in [4.78, 5) is 12.0. The van der Waals surface area contributed by atoms with Gasteiger partial charge in [0.05, 0.1) is 6.20 Å². The van der Waals surface area contributed by atoms with Crippen molar-refractivity contribution in [2.24, 2.45) is 5.84 Å². The summed E-state index contributed by atoms with van der Waals surface area (Å²) >= 11 is 3.30. The summed E-state index contributed by atoms with van der Waals surface area (Å²) in [5, 5.41) is 0. The number of anilines is 1. The van der Waals surface area contributed by atoms with Gasteiger partial charge in [-0.2, -0.15) is 0 Å². The Morgan fingerprint density at radius 1 is 1.29 bits per heavy atom. The van der Waals surface area contributed by atoms with Crippen LogP contribution in [0.25, 0.3) is 0 Å². The van der Waals surface area contributed by atoms with Gasteiger partial charge in [-0.25, -0.2) is 15.8 Å². The lowest BCUT2D eigenvalue weighted by atomic mass is 10.4. The van der Waals surface area contributed by atoms with Crippen LogP contribution in [0.3, 0.4) is 0 Å². The van der Waals surface area contributed by atoms with Gasteiger partial charge in [-0.1, -0.05) is 0 Å². The van der Waals surface area contributed by atoms with Crippen molar-refractivity contribution in [3.8, 4) is 11.6 Å². The standard InChI is InChI=1S/C10H10BrN5O/c1-6-2-3-7(4-13-6)17-10-8(11)9(16-12)14-5-15-10/h2-5H,12H2,1H3,(H,14,15,16). The third-order valence-corrected chi connectivity index (χ3v) is 2.71. The van der Waals surface area contributed by atoms with Crippen molar-refractivity contribution in [3.05, 3.63) is 34.8 Å². The molecule has 0 saturated carbocycles. The smallest absolute Gasteiger partial charge is 0.239 e. The lowest BCUT2D eigenvalue weighted by Crippen LogP contribution is -2.09. The molecule has 0 aliphatic carbocycles. The Morgan fingerprint density at radius 2 is 2.12 bits per heavy atom. The second-order valence-electron chi connectivity index (χ2n) is 3.22. The maximum atomic E-state index is 5.55. The van der Waals surface area contributed by atoms with E-state index in [0.717, 1.165) is 5.69 Å². The number of ether oxygens (including phenoxy) is 1. The van der Waals surface area contributed by atoms with E-state index in [4.69, 9.17) is 10.6 Å². The Morgan fingerprint density at radius 3 is 2.76 bits per heavy atom. The van der Waals surface area contributed by atoms with Gasteiger partial charge in [0.1, 0.15) is 16.5 Å². The highest BCUT2D eigenvalue weighted by Crippen LogP contribution is 2.30. The quantitative estimate of drug-likeness (QED) is 0.665. The Bertz CT molecular complexity index is 517. The molecule has 0 spiro atoms. The fraction of sp³-hybridized carbons (Fsp3) is 0.100. The lowest BCUT2D eigenvalue weighted by Gasteiger charge is -2.08. The first kappa shape index (κ1) is 11.7. The molecule has 0 amide bonds. The van der Waals surface area contributed by atoms with E-state index in [0.29, 0.717) is 21.9 Å². The number of nitrogen functional groups attached to an aromatic ring is 1. The second-order valence-corrected chi connectivity index (χ2v) is 4.02. The van der Waals surface area contributed by atoms with E-state index < -0.39 is 0 Å². The maximum Gasteiger partial charge on any atom is 0.239 e. The molecule has 0 fully saturated rings. The van der Waals surface area contributed by atoms with E-state index in [1.165, 1.54) is 6.33 Å². The van der Waals surface area contributed by atoms with Crippen LogP contribution in [0, 0.1) is 6.92 Å². The molecule has 0 saturated heterocycles. The van der Waals surface area contributed by atoms with Gasteiger partial charge in [-0.15, -0.1) is 0 Å². The van der Waals surface area contributed by atoms with Crippen LogP contribution >= 0.6 is 15.9 Å². The topological polar surface area (TPSA) is 86.0 Å². The largest absolute Gasteiger partial charge is 0.436 e. The van der Waals surface area contributed by atoms with Crippen molar-refractivity contribution >= 4 is 21.7 Å². The van der Waals surface area contributed by atoms with E-state index >= 15 is 0 Å². The van der Waals surface area contributed by atoms with Gasteiger partial charge in [0.15, 0.2) is 5.82 Å². The normalized spacial score (nSPS) is 10.1. The zero-order chi connectivity index (χ0) is 12.3. The van der Waals surface area contributed by atoms with Crippen LogP contribution in [0.15, 0.2) is 29.1 Å². The maximum absolute atomic E-state index is 5.55. The highest BCUT2D eigenvalue weighted by molar-refractivity contribution is 9.10. The number of hydrogen-bond acceptors (Lipinski definition) is 6. The minimum Gasteiger partial charge on any atom is -0.436 e. The number of nitrogens with zero attached hydrogens (tertiary/aromatic N) is 3. The molecular formula is C10H10BrN5O. The van der Waals surface area contributed by atoms with E-state index in [9.17, 15) is 0 Å². The fourth-order valence-electron chi connectivity index (χ4n) is 1.15. The van der Waals surface area contributed by atoms with Gasteiger partial charge in [0.2, 0.25) is 5.88 Å². The van der Waals surface area contributed by atoms with E-state index in [1.54, 1.807) is 6.20 Å². The lowest BCUT2D eigenvalue weighted by molar-refractivity contribution is 0.456. The van der Waals surface area contributed by atoms with Crippen LogP contribution in [0.4, 0.5) is 5.82 Å². The second kappa shape index (κ2) is 5.07. The number of pyridine rings is 1. The SMILES string of the molecule is Cc1ccc(Oc2ncnc(NN)c2Br)cn1.